The molecule has 3 rings (SSSR count). The van der Waals surface area contributed by atoms with E-state index in [9.17, 15) is 9.59 Å². The quantitative estimate of drug-likeness (QED) is 0.501. The molecule has 178 valence electrons. The molecular formula is C27H36N2O4. The summed E-state index contributed by atoms with van der Waals surface area (Å²) < 4.78 is 11.1. The molecule has 1 N–H and O–H groups in total. The molecular weight excluding hydrogens is 416 g/mol. The molecule has 0 radical (unpaired) electrons. The van der Waals surface area contributed by atoms with Crippen LogP contribution in [0.3, 0.4) is 0 Å². The number of benzene rings is 2. The van der Waals surface area contributed by atoms with Crippen molar-refractivity contribution >= 4 is 11.8 Å². The van der Waals surface area contributed by atoms with Crippen molar-refractivity contribution in [2.24, 2.45) is 0 Å². The fourth-order valence-electron chi connectivity index (χ4n) is 4.19. The molecule has 33 heavy (non-hydrogen) atoms. The van der Waals surface area contributed by atoms with Crippen LogP contribution in [0.2, 0.25) is 0 Å². The van der Waals surface area contributed by atoms with Gasteiger partial charge in [-0.25, -0.2) is 0 Å². The first-order chi connectivity index (χ1) is 16.1. The van der Waals surface area contributed by atoms with Crippen molar-refractivity contribution in [3.63, 3.8) is 0 Å². The third kappa shape index (κ3) is 7.81. The monoisotopic (exact) mass is 452 g/mol. The maximum Gasteiger partial charge on any atom is 0.242 e. The summed E-state index contributed by atoms with van der Waals surface area (Å²) in [6, 6.07) is 16.9. The van der Waals surface area contributed by atoms with E-state index in [1.54, 1.807) is 12.0 Å². The van der Waals surface area contributed by atoms with Gasteiger partial charge in [0, 0.05) is 19.0 Å². The maximum atomic E-state index is 13.2. The number of amides is 2. The molecule has 2 amide bonds. The normalized spacial score (nSPS) is 14.8. The van der Waals surface area contributed by atoms with Crippen LogP contribution in [0.1, 0.15) is 57.4 Å². The Bertz CT molecular complexity index is 881. The molecule has 1 atom stereocenters. The summed E-state index contributed by atoms with van der Waals surface area (Å²) in [5, 5.41) is 3.17. The Morgan fingerprint density at radius 3 is 2.48 bits per heavy atom. The number of rotatable bonds is 11. The molecule has 2 aromatic rings. The number of para-hydroxylation sites is 1. The number of carbonyl (C=O) groups is 2. The van der Waals surface area contributed by atoms with E-state index in [0.717, 1.165) is 42.7 Å². The summed E-state index contributed by atoms with van der Waals surface area (Å²) in [6.45, 7) is 2.62. The number of nitrogens with zero attached hydrogens (tertiary/aromatic N) is 1. The fraction of sp³-hybridized carbons (Fsp3) is 0.481. The van der Waals surface area contributed by atoms with Crippen LogP contribution < -0.4 is 14.8 Å². The molecule has 1 aliphatic carbocycles. The van der Waals surface area contributed by atoms with Crippen LogP contribution in [0.15, 0.2) is 54.6 Å². The van der Waals surface area contributed by atoms with E-state index < -0.39 is 6.04 Å². The first kappa shape index (κ1) is 24.6. The van der Waals surface area contributed by atoms with Crippen molar-refractivity contribution in [2.75, 3.05) is 13.7 Å². The summed E-state index contributed by atoms with van der Waals surface area (Å²) in [4.78, 5) is 27.9. The lowest BCUT2D eigenvalue weighted by Crippen LogP contribution is -2.50. The highest BCUT2D eigenvalue weighted by molar-refractivity contribution is 5.87. The molecule has 1 saturated carbocycles. The Labute approximate surface area is 197 Å². The van der Waals surface area contributed by atoms with Crippen molar-refractivity contribution < 1.29 is 19.1 Å². The Morgan fingerprint density at radius 2 is 1.76 bits per heavy atom. The summed E-state index contributed by atoms with van der Waals surface area (Å²) in [6.07, 6.45) is 6.45. The lowest BCUT2D eigenvalue weighted by Gasteiger charge is -2.31. The topological polar surface area (TPSA) is 67.9 Å². The van der Waals surface area contributed by atoms with Crippen molar-refractivity contribution in [1.29, 1.82) is 0 Å². The minimum atomic E-state index is -0.555. The molecule has 0 bridgehead atoms. The Hall–Kier alpha value is -3.02. The summed E-state index contributed by atoms with van der Waals surface area (Å²) in [5.41, 5.74) is 0.931. The van der Waals surface area contributed by atoms with Crippen molar-refractivity contribution in [2.45, 2.75) is 70.5 Å². The minimum Gasteiger partial charge on any atom is -0.497 e. The van der Waals surface area contributed by atoms with Crippen LogP contribution in [-0.4, -0.2) is 42.5 Å². The van der Waals surface area contributed by atoms with Crippen LogP contribution in [0.5, 0.6) is 11.5 Å². The standard InChI is InChI=1S/C27H36N2O4/c1-21(27(31)28-23-12-5-3-6-13-23)29(20-22-11-9-16-25(19-22)32-2)26(30)17-10-18-33-24-14-7-4-8-15-24/h4,7-9,11,14-16,19,21,23H,3,5-6,10,12-13,17-18,20H2,1-2H3,(H,28,31). The van der Waals surface area contributed by atoms with Gasteiger partial charge >= 0.3 is 0 Å². The van der Waals surface area contributed by atoms with Gasteiger partial charge in [0.25, 0.3) is 0 Å². The van der Waals surface area contributed by atoms with Gasteiger partial charge in [0.15, 0.2) is 0 Å². The number of nitrogens with one attached hydrogen (secondary N) is 1. The predicted molar refractivity (Wildman–Crippen MR) is 129 cm³/mol. The van der Waals surface area contributed by atoms with Crippen LogP contribution in [0.4, 0.5) is 0 Å². The number of ether oxygens (including phenoxy) is 2. The zero-order chi connectivity index (χ0) is 23.5. The predicted octanol–water partition coefficient (Wildman–Crippen LogP) is 4.72. The van der Waals surface area contributed by atoms with Gasteiger partial charge in [-0.15, -0.1) is 0 Å². The molecule has 2 aromatic carbocycles. The SMILES string of the molecule is COc1cccc(CN(C(=O)CCCOc2ccccc2)C(C)C(=O)NC2CCCCC2)c1. The molecule has 1 fully saturated rings. The highest BCUT2D eigenvalue weighted by atomic mass is 16.5. The Morgan fingerprint density at radius 1 is 1.03 bits per heavy atom. The average Bonchev–Trinajstić information content (AvgIpc) is 2.86. The van der Waals surface area contributed by atoms with Crippen molar-refractivity contribution in [1.82, 2.24) is 10.2 Å². The van der Waals surface area contributed by atoms with Crippen LogP contribution >= 0.6 is 0 Å². The molecule has 1 aliphatic rings. The smallest absolute Gasteiger partial charge is 0.242 e. The first-order valence-electron chi connectivity index (χ1n) is 12.0. The second-order valence-electron chi connectivity index (χ2n) is 8.66. The Balaban J connectivity index is 1.62. The lowest BCUT2D eigenvalue weighted by atomic mass is 9.95. The number of hydrogen-bond acceptors (Lipinski definition) is 4. The Kier molecular flexibility index (Phi) is 9.60. The minimum absolute atomic E-state index is 0.0548. The maximum absolute atomic E-state index is 13.2. The van der Waals surface area contributed by atoms with Gasteiger partial charge in [-0.1, -0.05) is 49.6 Å². The first-order valence-corrected chi connectivity index (χ1v) is 12.0. The third-order valence-electron chi connectivity index (χ3n) is 6.15. The second kappa shape index (κ2) is 12.9. The molecule has 6 nitrogen and oxygen atoms in total. The van der Waals surface area contributed by atoms with E-state index in [1.165, 1.54) is 6.42 Å². The van der Waals surface area contributed by atoms with Gasteiger partial charge in [-0.3, -0.25) is 9.59 Å². The second-order valence-corrected chi connectivity index (χ2v) is 8.66. The van der Waals surface area contributed by atoms with Gasteiger partial charge < -0.3 is 19.7 Å². The molecule has 0 heterocycles. The average molecular weight is 453 g/mol. The molecule has 0 saturated heterocycles. The largest absolute Gasteiger partial charge is 0.497 e. The number of carbonyl (C=O) groups excluding carboxylic acids is 2. The van der Waals surface area contributed by atoms with E-state index in [0.29, 0.717) is 26.0 Å². The molecule has 0 aromatic heterocycles. The van der Waals surface area contributed by atoms with Gasteiger partial charge in [0.05, 0.1) is 13.7 Å². The van der Waals surface area contributed by atoms with Gasteiger partial charge in [0.2, 0.25) is 11.8 Å². The van der Waals surface area contributed by atoms with E-state index in [-0.39, 0.29) is 17.9 Å². The van der Waals surface area contributed by atoms with Gasteiger partial charge in [0.1, 0.15) is 17.5 Å². The number of methoxy groups -OCH3 is 1. The van der Waals surface area contributed by atoms with Gasteiger partial charge in [-0.05, 0) is 56.0 Å². The van der Waals surface area contributed by atoms with Gasteiger partial charge in [-0.2, -0.15) is 0 Å². The summed E-state index contributed by atoms with van der Waals surface area (Å²) in [5.74, 6) is 1.38. The van der Waals surface area contributed by atoms with Crippen molar-refractivity contribution in [3.05, 3.63) is 60.2 Å². The molecule has 1 unspecified atom stereocenters. The molecule has 0 aliphatic heterocycles. The van der Waals surface area contributed by atoms with Crippen molar-refractivity contribution in [3.8, 4) is 11.5 Å². The number of hydrogen-bond donors (Lipinski definition) is 1. The summed E-state index contributed by atoms with van der Waals surface area (Å²) in [7, 11) is 1.62. The zero-order valence-corrected chi connectivity index (χ0v) is 19.8. The molecule has 0 spiro atoms. The van der Waals surface area contributed by atoms with Crippen LogP contribution in [0.25, 0.3) is 0 Å². The highest BCUT2D eigenvalue weighted by Crippen LogP contribution is 2.20. The summed E-state index contributed by atoms with van der Waals surface area (Å²) >= 11 is 0. The lowest BCUT2D eigenvalue weighted by molar-refractivity contribution is -0.141. The van der Waals surface area contributed by atoms with E-state index >= 15 is 0 Å². The molecule has 6 heteroatoms. The third-order valence-corrected chi connectivity index (χ3v) is 6.15. The van der Waals surface area contributed by atoms with E-state index in [2.05, 4.69) is 5.32 Å². The van der Waals surface area contributed by atoms with Crippen LogP contribution in [0, 0.1) is 0 Å². The van der Waals surface area contributed by atoms with Crippen LogP contribution in [-0.2, 0) is 16.1 Å². The van der Waals surface area contributed by atoms with E-state index in [1.807, 2.05) is 61.5 Å². The van der Waals surface area contributed by atoms with E-state index in [4.69, 9.17) is 9.47 Å². The fourth-order valence-corrected chi connectivity index (χ4v) is 4.19. The highest BCUT2D eigenvalue weighted by Gasteiger charge is 2.28. The zero-order valence-electron chi connectivity index (χ0n) is 19.8.